The molecule has 2 aliphatic heterocycles. The van der Waals surface area contributed by atoms with Crippen molar-refractivity contribution < 1.29 is 22.7 Å². The number of carbonyl (C=O) groups excluding carboxylic acids is 2. The van der Waals surface area contributed by atoms with Crippen LogP contribution in [-0.4, -0.2) is 68.8 Å². The van der Waals surface area contributed by atoms with Crippen molar-refractivity contribution in [3.8, 4) is 5.75 Å². The number of aryl methyl sites for hydroxylation is 1. The Kier molecular flexibility index (Phi) is 7.76. The fourth-order valence-corrected chi connectivity index (χ4v) is 6.38. The van der Waals surface area contributed by atoms with Crippen molar-refractivity contribution in [3.63, 3.8) is 0 Å². The highest BCUT2D eigenvalue weighted by atomic mass is 32.2. The van der Waals surface area contributed by atoms with Crippen LogP contribution in [0.3, 0.4) is 0 Å². The molecule has 1 atom stereocenters. The molecule has 2 saturated heterocycles. The van der Waals surface area contributed by atoms with E-state index in [1.54, 1.807) is 30.3 Å². The third kappa shape index (κ3) is 5.51. The highest BCUT2D eigenvalue weighted by Gasteiger charge is 2.38. The van der Waals surface area contributed by atoms with Gasteiger partial charge in [-0.15, -0.1) is 0 Å². The van der Waals surface area contributed by atoms with Gasteiger partial charge in [-0.2, -0.15) is 4.31 Å². The Labute approximate surface area is 207 Å². The molecule has 2 aromatic carbocycles. The van der Waals surface area contributed by atoms with E-state index in [-0.39, 0.29) is 22.6 Å². The maximum absolute atomic E-state index is 13.4. The number of methoxy groups -OCH3 is 1. The minimum absolute atomic E-state index is 0.0686. The lowest BCUT2D eigenvalue weighted by atomic mass is 9.89. The van der Waals surface area contributed by atoms with Gasteiger partial charge in [0.05, 0.1) is 12.0 Å². The van der Waals surface area contributed by atoms with Gasteiger partial charge >= 0.3 is 0 Å². The molecule has 2 amide bonds. The van der Waals surface area contributed by atoms with Crippen LogP contribution in [0.2, 0.25) is 0 Å². The molecular formula is C26H33N3O5S. The maximum atomic E-state index is 13.4. The maximum Gasteiger partial charge on any atom is 0.252 e. The van der Waals surface area contributed by atoms with Crippen LogP contribution in [0.15, 0.2) is 53.4 Å². The number of nitrogens with one attached hydrogen (secondary N) is 1. The Balaban J connectivity index is 1.49. The fourth-order valence-electron chi connectivity index (χ4n) is 4.91. The smallest absolute Gasteiger partial charge is 0.252 e. The Bertz CT molecular complexity index is 1150. The van der Waals surface area contributed by atoms with Crippen LogP contribution in [0.5, 0.6) is 5.75 Å². The summed E-state index contributed by atoms with van der Waals surface area (Å²) in [4.78, 5) is 28.6. The van der Waals surface area contributed by atoms with Gasteiger partial charge in [0.2, 0.25) is 15.9 Å². The zero-order valence-corrected chi connectivity index (χ0v) is 21.1. The summed E-state index contributed by atoms with van der Waals surface area (Å²) in [5.74, 6) is 0.114. The molecule has 9 heteroatoms. The van der Waals surface area contributed by atoms with E-state index in [2.05, 4.69) is 5.32 Å². The third-order valence-electron chi connectivity index (χ3n) is 7.03. The molecule has 8 nitrogen and oxygen atoms in total. The van der Waals surface area contributed by atoms with Crippen LogP contribution in [0.1, 0.15) is 41.6 Å². The van der Waals surface area contributed by atoms with Crippen LogP contribution in [0, 0.1) is 12.8 Å². The average molecular weight is 500 g/mol. The first kappa shape index (κ1) is 25.2. The van der Waals surface area contributed by atoms with E-state index in [1.807, 2.05) is 30.0 Å². The molecule has 4 rings (SSSR count). The zero-order chi connectivity index (χ0) is 25.0. The first-order valence-corrected chi connectivity index (χ1v) is 13.5. The number of hydrogen-bond donors (Lipinski definition) is 1. The van der Waals surface area contributed by atoms with E-state index in [9.17, 15) is 18.0 Å². The van der Waals surface area contributed by atoms with Crippen LogP contribution < -0.4 is 10.1 Å². The highest BCUT2D eigenvalue weighted by molar-refractivity contribution is 7.89. The van der Waals surface area contributed by atoms with Crippen molar-refractivity contribution in [2.45, 2.75) is 43.5 Å². The molecule has 0 saturated carbocycles. The number of carbonyl (C=O) groups is 2. The summed E-state index contributed by atoms with van der Waals surface area (Å²) < 4.78 is 32.9. The molecule has 2 heterocycles. The van der Waals surface area contributed by atoms with Gasteiger partial charge in [-0.1, -0.05) is 18.2 Å². The fraction of sp³-hybridized carbons (Fsp3) is 0.462. The lowest BCUT2D eigenvalue weighted by molar-refractivity contribution is -0.133. The van der Waals surface area contributed by atoms with Crippen LogP contribution >= 0.6 is 0 Å². The largest absolute Gasteiger partial charge is 0.497 e. The van der Waals surface area contributed by atoms with Gasteiger partial charge in [-0.05, 0) is 74.4 Å². The van der Waals surface area contributed by atoms with Crippen molar-refractivity contribution in [2.75, 3.05) is 33.3 Å². The Hall–Kier alpha value is -2.91. The second kappa shape index (κ2) is 10.8. The number of ether oxygens (including phenoxy) is 1. The normalized spacial score (nSPS) is 18.3. The van der Waals surface area contributed by atoms with Gasteiger partial charge in [0.25, 0.3) is 5.91 Å². The van der Waals surface area contributed by atoms with Crippen molar-refractivity contribution in [2.24, 2.45) is 5.92 Å². The number of sulfonamides is 1. The van der Waals surface area contributed by atoms with Gasteiger partial charge in [0, 0.05) is 31.7 Å². The monoisotopic (exact) mass is 499 g/mol. The Morgan fingerprint density at radius 1 is 0.971 bits per heavy atom. The summed E-state index contributed by atoms with van der Waals surface area (Å²) in [6, 6.07) is 13.0. The van der Waals surface area contributed by atoms with Gasteiger partial charge < -0.3 is 15.0 Å². The van der Waals surface area contributed by atoms with E-state index in [1.165, 1.54) is 11.4 Å². The van der Waals surface area contributed by atoms with Gasteiger partial charge in [0.15, 0.2) is 0 Å². The highest BCUT2D eigenvalue weighted by Crippen LogP contribution is 2.28. The third-order valence-corrected chi connectivity index (χ3v) is 8.94. The summed E-state index contributed by atoms with van der Waals surface area (Å²) in [6.45, 7) is 3.85. The molecule has 2 aromatic rings. The molecule has 1 unspecified atom stereocenters. The molecule has 0 aromatic heterocycles. The molecule has 2 fully saturated rings. The molecule has 2 aliphatic rings. The van der Waals surface area contributed by atoms with Crippen LogP contribution in [0.25, 0.3) is 0 Å². The van der Waals surface area contributed by atoms with E-state index < -0.39 is 16.1 Å². The molecule has 0 bridgehead atoms. The number of amides is 2. The molecule has 0 spiro atoms. The summed E-state index contributed by atoms with van der Waals surface area (Å²) in [5, 5.41) is 3.01. The lowest BCUT2D eigenvalue weighted by Gasteiger charge is -2.36. The van der Waals surface area contributed by atoms with Gasteiger partial charge in [0.1, 0.15) is 11.8 Å². The number of nitrogens with zero attached hydrogens (tertiary/aromatic N) is 2. The Morgan fingerprint density at radius 3 is 2.20 bits per heavy atom. The number of rotatable bonds is 7. The average Bonchev–Trinajstić information content (AvgIpc) is 3.42. The molecule has 35 heavy (non-hydrogen) atoms. The second-order valence-corrected chi connectivity index (χ2v) is 11.2. The van der Waals surface area contributed by atoms with Crippen molar-refractivity contribution >= 4 is 21.8 Å². The van der Waals surface area contributed by atoms with Gasteiger partial charge in [-0.3, -0.25) is 9.59 Å². The predicted molar refractivity (Wildman–Crippen MR) is 133 cm³/mol. The quantitative estimate of drug-likeness (QED) is 0.632. The molecular weight excluding hydrogens is 466 g/mol. The van der Waals surface area contributed by atoms with Crippen LogP contribution in [-0.2, 0) is 14.8 Å². The first-order valence-electron chi connectivity index (χ1n) is 12.1. The number of benzene rings is 2. The van der Waals surface area contributed by atoms with Gasteiger partial charge in [-0.25, -0.2) is 8.42 Å². The Morgan fingerprint density at radius 2 is 1.60 bits per heavy atom. The van der Waals surface area contributed by atoms with Crippen LogP contribution in [0.4, 0.5) is 0 Å². The molecule has 0 aliphatic carbocycles. The van der Waals surface area contributed by atoms with Crippen molar-refractivity contribution in [1.82, 2.24) is 14.5 Å². The number of hydrogen-bond acceptors (Lipinski definition) is 5. The summed E-state index contributed by atoms with van der Waals surface area (Å²) >= 11 is 0. The lowest BCUT2D eigenvalue weighted by Crippen LogP contribution is -2.54. The van der Waals surface area contributed by atoms with Crippen molar-refractivity contribution in [1.29, 1.82) is 0 Å². The minimum Gasteiger partial charge on any atom is -0.497 e. The second-order valence-electron chi connectivity index (χ2n) is 9.22. The molecule has 0 radical (unpaired) electrons. The van der Waals surface area contributed by atoms with E-state index in [4.69, 9.17) is 4.74 Å². The summed E-state index contributed by atoms with van der Waals surface area (Å²) in [5.41, 5.74) is 1.39. The molecule has 188 valence electrons. The minimum atomic E-state index is -3.65. The topological polar surface area (TPSA) is 96.0 Å². The van der Waals surface area contributed by atoms with E-state index in [0.717, 1.165) is 18.4 Å². The number of likely N-dealkylation sites (tertiary alicyclic amines) is 1. The summed E-state index contributed by atoms with van der Waals surface area (Å²) in [7, 11) is -2.11. The predicted octanol–water partition coefficient (Wildman–Crippen LogP) is 2.83. The van der Waals surface area contributed by atoms with Crippen molar-refractivity contribution in [3.05, 3.63) is 59.7 Å². The zero-order valence-electron chi connectivity index (χ0n) is 20.3. The molecule has 1 N–H and O–H groups in total. The standard InChI is InChI=1S/C26H33N3O5S/c1-19-7-3-4-8-23(19)25(30)27-24(26(31)28-15-5-6-16-28)20-13-17-29(18-14-20)35(32,33)22-11-9-21(34-2)10-12-22/h3-4,7-12,20,24H,5-6,13-18H2,1-2H3,(H,27,30). The SMILES string of the molecule is COc1ccc(S(=O)(=O)N2CCC(C(NC(=O)c3ccccc3C)C(=O)N3CCCC3)CC2)cc1. The number of piperidine rings is 1. The first-order chi connectivity index (χ1) is 16.8. The van der Waals surface area contributed by atoms with E-state index in [0.29, 0.717) is 50.3 Å². The van der Waals surface area contributed by atoms with E-state index >= 15 is 0 Å². The summed E-state index contributed by atoms with van der Waals surface area (Å²) in [6.07, 6.45) is 2.91.